The molecule has 0 atom stereocenters. The highest BCUT2D eigenvalue weighted by Gasteiger charge is 2.12. The van der Waals surface area contributed by atoms with Gasteiger partial charge in [0, 0.05) is 21.1 Å². The molecule has 5 heteroatoms. The van der Waals surface area contributed by atoms with Gasteiger partial charge in [0.2, 0.25) is 0 Å². The number of Topliss-reactive ketones (excluding diaryl/α,β-unsaturated/α-hetero) is 1. The van der Waals surface area contributed by atoms with E-state index < -0.39 is 0 Å². The van der Waals surface area contributed by atoms with E-state index in [1.165, 1.54) is 0 Å². The van der Waals surface area contributed by atoms with Crippen molar-refractivity contribution in [1.82, 2.24) is 4.98 Å². The Morgan fingerprint density at radius 2 is 2.29 bits per heavy atom. The number of nitrogens with zero attached hydrogens (tertiary/aromatic N) is 1. The van der Waals surface area contributed by atoms with E-state index in [0.29, 0.717) is 17.7 Å². The van der Waals surface area contributed by atoms with Gasteiger partial charge >= 0.3 is 0 Å². The van der Waals surface area contributed by atoms with Gasteiger partial charge in [-0.3, -0.25) is 4.79 Å². The van der Waals surface area contributed by atoms with Crippen molar-refractivity contribution < 1.29 is 4.79 Å². The number of nitrogen functional groups attached to an aromatic ring is 1. The number of carbonyl (C=O) groups is 1. The maximum absolute atomic E-state index is 12.1. The van der Waals surface area contributed by atoms with Crippen molar-refractivity contribution in [3.8, 4) is 0 Å². The van der Waals surface area contributed by atoms with Crippen LogP contribution in [0, 0.1) is 6.92 Å². The lowest BCUT2D eigenvalue weighted by molar-refractivity contribution is 0.0991. The smallest absolute Gasteiger partial charge is 0.170 e. The summed E-state index contributed by atoms with van der Waals surface area (Å²) in [5.74, 6) is 0.0227. The van der Waals surface area contributed by atoms with E-state index in [-0.39, 0.29) is 5.78 Å². The van der Waals surface area contributed by atoms with E-state index in [4.69, 9.17) is 5.73 Å². The van der Waals surface area contributed by atoms with Gasteiger partial charge in [-0.2, -0.15) is 0 Å². The van der Waals surface area contributed by atoms with Crippen molar-refractivity contribution in [2.45, 2.75) is 13.3 Å². The van der Waals surface area contributed by atoms with Crippen molar-refractivity contribution in [2.75, 3.05) is 5.73 Å². The molecule has 3 nitrogen and oxygen atoms in total. The highest BCUT2D eigenvalue weighted by Crippen LogP contribution is 2.21. The van der Waals surface area contributed by atoms with Crippen LogP contribution in [0.2, 0.25) is 0 Å². The molecule has 0 aliphatic carbocycles. The summed E-state index contributed by atoms with van der Waals surface area (Å²) in [5, 5.41) is 2.88. The minimum absolute atomic E-state index is 0.0227. The predicted octanol–water partition coefficient (Wildman–Crippen LogP) is 3.22. The molecule has 0 bridgehead atoms. The zero-order valence-corrected chi connectivity index (χ0v) is 11.6. The molecule has 0 amide bonds. The quantitative estimate of drug-likeness (QED) is 0.699. The zero-order valence-electron chi connectivity index (χ0n) is 9.24. The number of thiazole rings is 1. The van der Waals surface area contributed by atoms with Gasteiger partial charge in [-0.1, -0.05) is 15.9 Å². The molecule has 0 unspecified atom stereocenters. The number of nitrogens with two attached hydrogens (primary N) is 1. The Balaban J connectivity index is 2.22. The molecule has 17 heavy (non-hydrogen) atoms. The van der Waals surface area contributed by atoms with Crippen molar-refractivity contribution in [2.24, 2.45) is 0 Å². The van der Waals surface area contributed by atoms with Crippen LogP contribution in [0.1, 0.15) is 21.1 Å². The molecule has 2 N–H and O–H groups in total. The summed E-state index contributed by atoms with van der Waals surface area (Å²) in [7, 11) is 0. The van der Waals surface area contributed by atoms with Crippen molar-refractivity contribution in [1.29, 1.82) is 0 Å². The molecule has 1 aromatic carbocycles. The van der Waals surface area contributed by atoms with Gasteiger partial charge in [0.1, 0.15) is 0 Å². The average molecular weight is 311 g/mol. The summed E-state index contributed by atoms with van der Waals surface area (Å²) in [6.07, 6.45) is 0.312. The van der Waals surface area contributed by atoms with Gasteiger partial charge in [0.25, 0.3) is 0 Å². The molecule has 1 aromatic heterocycles. The van der Waals surface area contributed by atoms with Gasteiger partial charge in [-0.15, -0.1) is 11.3 Å². The van der Waals surface area contributed by atoms with E-state index in [1.807, 2.05) is 12.3 Å². The van der Waals surface area contributed by atoms with Gasteiger partial charge in [-0.05, 0) is 25.1 Å². The number of halogens is 1. The normalized spacial score (nSPS) is 10.5. The number of carbonyl (C=O) groups excluding carboxylic acids is 1. The largest absolute Gasteiger partial charge is 0.399 e. The first kappa shape index (κ1) is 12.3. The summed E-state index contributed by atoms with van der Waals surface area (Å²) < 4.78 is 0.767. The summed E-state index contributed by atoms with van der Waals surface area (Å²) in [6, 6.07) is 5.23. The van der Waals surface area contributed by atoms with Crippen LogP contribution in [-0.2, 0) is 6.42 Å². The molecule has 0 saturated carbocycles. The zero-order chi connectivity index (χ0) is 12.4. The first-order valence-electron chi connectivity index (χ1n) is 5.05. The number of aromatic nitrogens is 1. The van der Waals surface area contributed by atoms with Gasteiger partial charge in [0.15, 0.2) is 5.78 Å². The molecule has 1 heterocycles. The number of aryl methyl sites for hydroxylation is 1. The highest BCUT2D eigenvalue weighted by atomic mass is 79.9. The van der Waals surface area contributed by atoms with Gasteiger partial charge < -0.3 is 5.73 Å². The lowest BCUT2D eigenvalue weighted by Crippen LogP contribution is -2.05. The summed E-state index contributed by atoms with van der Waals surface area (Å²) >= 11 is 4.90. The SMILES string of the molecule is Cc1nc(CC(=O)c2cc(N)ccc2Br)cs1. The maximum atomic E-state index is 12.1. The molecule has 2 aromatic rings. The molecular formula is C12H11BrN2OS. The van der Waals surface area contributed by atoms with E-state index in [1.54, 1.807) is 29.5 Å². The summed E-state index contributed by atoms with van der Waals surface area (Å²) in [5.41, 5.74) is 7.68. The monoisotopic (exact) mass is 310 g/mol. The predicted molar refractivity (Wildman–Crippen MR) is 73.4 cm³/mol. The Bertz CT molecular complexity index is 565. The Morgan fingerprint density at radius 1 is 1.53 bits per heavy atom. The topological polar surface area (TPSA) is 56.0 Å². The van der Waals surface area contributed by atoms with Crippen LogP contribution < -0.4 is 5.73 Å². The van der Waals surface area contributed by atoms with Crippen LogP contribution in [0.25, 0.3) is 0 Å². The highest BCUT2D eigenvalue weighted by molar-refractivity contribution is 9.10. The van der Waals surface area contributed by atoms with Gasteiger partial charge in [-0.25, -0.2) is 4.98 Å². The van der Waals surface area contributed by atoms with Crippen LogP contribution >= 0.6 is 27.3 Å². The molecule has 88 valence electrons. The minimum atomic E-state index is 0.0227. The Labute approximate surface area is 112 Å². The molecule has 0 aliphatic rings. The van der Waals surface area contributed by atoms with Crippen LogP contribution in [0.5, 0.6) is 0 Å². The molecule has 0 fully saturated rings. The van der Waals surface area contributed by atoms with Crippen LogP contribution in [0.15, 0.2) is 28.1 Å². The Kier molecular flexibility index (Phi) is 3.59. The van der Waals surface area contributed by atoms with E-state index in [2.05, 4.69) is 20.9 Å². The van der Waals surface area contributed by atoms with E-state index in [9.17, 15) is 4.79 Å². The van der Waals surface area contributed by atoms with Crippen LogP contribution in [0.3, 0.4) is 0 Å². The van der Waals surface area contributed by atoms with E-state index >= 15 is 0 Å². The fourth-order valence-electron chi connectivity index (χ4n) is 1.51. The molecule has 0 saturated heterocycles. The lowest BCUT2D eigenvalue weighted by atomic mass is 10.1. The Morgan fingerprint density at radius 3 is 2.94 bits per heavy atom. The average Bonchev–Trinajstić information content (AvgIpc) is 2.67. The lowest BCUT2D eigenvalue weighted by Gasteiger charge is -2.03. The van der Waals surface area contributed by atoms with Gasteiger partial charge in [0.05, 0.1) is 17.1 Å². The third-order valence-corrected chi connectivity index (χ3v) is 3.81. The second-order valence-corrected chi connectivity index (χ2v) is 5.61. The number of hydrogen-bond donors (Lipinski definition) is 1. The first-order valence-corrected chi connectivity index (χ1v) is 6.73. The van der Waals surface area contributed by atoms with E-state index in [0.717, 1.165) is 15.2 Å². The van der Waals surface area contributed by atoms with Crippen LogP contribution in [0.4, 0.5) is 5.69 Å². The number of anilines is 1. The third-order valence-electron chi connectivity index (χ3n) is 2.30. The number of rotatable bonds is 3. The number of hydrogen-bond acceptors (Lipinski definition) is 4. The summed E-state index contributed by atoms with van der Waals surface area (Å²) in [4.78, 5) is 16.4. The Hall–Kier alpha value is -1.20. The van der Waals surface area contributed by atoms with Crippen molar-refractivity contribution in [3.63, 3.8) is 0 Å². The molecule has 2 rings (SSSR count). The fourth-order valence-corrected chi connectivity index (χ4v) is 2.59. The standard InChI is InChI=1S/C12H11BrN2OS/c1-7-15-9(6-17-7)5-12(16)10-4-8(14)2-3-11(10)13/h2-4,6H,5,14H2,1H3. The van der Waals surface area contributed by atoms with Crippen LogP contribution in [-0.4, -0.2) is 10.8 Å². The second kappa shape index (κ2) is 4.98. The molecule has 0 aliphatic heterocycles. The molecule has 0 radical (unpaired) electrons. The minimum Gasteiger partial charge on any atom is -0.399 e. The number of ketones is 1. The van der Waals surface area contributed by atoms with Crippen molar-refractivity contribution in [3.05, 3.63) is 44.3 Å². The second-order valence-electron chi connectivity index (χ2n) is 3.70. The van der Waals surface area contributed by atoms with Crippen molar-refractivity contribution >= 4 is 38.7 Å². The maximum Gasteiger partial charge on any atom is 0.170 e. The summed E-state index contributed by atoms with van der Waals surface area (Å²) in [6.45, 7) is 1.93. The third kappa shape index (κ3) is 2.92. The first-order chi connectivity index (χ1) is 8.06. The molecular weight excluding hydrogens is 300 g/mol. The number of benzene rings is 1. The molecule has 0 spiro atoms. The fraction of sp³-hybridized carbons (Fsp3) is 0.167.